The molecule has 0 aliphatic rings. The summed E-state index contributed by atoms with van der Waals surface area (Å²) in [5.41, 5.74) is 3.93. The summed E-state index contributed by atoms with van der Waals surface area (Å²) in [7, 11) is 0. The number of rotatable bonds is 7. The first-order valence-corrected chi connectivity index (χ1v) is 7.91. The van der Waals surface area contributed by atoms with E-state index in [1.807, 2.05) is 0 Å². The van der Waals surface area contributed by atoms with Gasteiger partial charge in [0, 0.05) is 12.1 Å². The van der Waals surface area contributed by atoms with Gasteiger partial charge in [-0.2, -0.15) is 5.10 Å². The van der Waals surface area contributed by atoms with Gasteiger partial charge < -0.3 is 9.84 Å². The molecular formula is C15H11BrClN3O5. The van der Waals surface area contributed by atoms with Crippen molar-refractivity contribution in [1.82, 2.24) is 0 Å². The Balaban J connectivity index is 2.05. The van der Waals surface area contributed by atoms with Crippen LogP contribution in [0.15, 0.2) is 46.0 Å². The number of carboxylic acid groups (broad SMARTS) is 1. The van der Waals surface area contributed by atoms with E-state index in [0.717, 1.165) is 0 Å². The van der Waals surface area contributed by atoms with E-state index in [1.165, 1.54) is 30.5 Å². The highest BCUT2D eigenvalue weighted by Gasteiger charge is 2.10. The summed E-state index contributed by atoms with van der Waals surface area (Å²) in [6.07, 6.45) is 1.49. The van der Waals surface area contributed by atoms with Crippen LogP contribution >= 0.6 is 27.5 Å². The Bertz CT molecular complexity index is 803. The highest BCUT2D eigenvalue weighted by Crippen LogP contribution is 2.34. The number of non-ortho nitro benzene ring substituents is 1. The van der Waals surface area contributed by atoms with Gasteiger partial charge in [0.25, 0.3) is 5.69 Å². The Kier molecular flexibility index (Phi) is 6.31. The highest BCUT2D eigenvalue weighted by molar-refractivity contribution is 9.10. The van der Waals surface area contributed by atoms with E-state index in [0.29, 0.717) is 15.7 Å². The molecule has 0 aromatic heterocycles. The Morgan fingerprint density at radius 2 is 2.08 bits per heavy atom. The SMILES string of the molecule is O=C(O)COc1c(Cl)cc(/C=N/Nc2ccc([N+](=O)[O-])cc2)cc1Br. The van der Waals surface area contributed by atoms with Crippen LogP contribution in [0.3, 0.4) is 0 Å². The zero-order valence-electron chi connectivity index (χ0n) is 12.5. The third kappa shape index (κ3) is 5.44. The van der Waals surface area contributed by atoms with Crippen LogP contribution in [-0.2, 0) is 4.79 Å². The summed E-state index contributed by atoms with van der Waals surface area (Å²) in [5.74, 6) is -0.884. The second kappa shape index (κ2) is 8.45. The van der Waals surface area contributed by atoms with Crippen molar-refractivity contribution in [3.05, 3.63) is 61.6 Å². The van der Waals surface area contributed by atoms with Crippen molar-refractivity contribution < 1.29 is 19.6 Å². The predicted octanol–water partition coefficient (Wildman–Crippen LogP) is 3.92. The maximum Gasteiger partial charge on any atom is 0.341 e. The van der Waals surface area contributed by atoms with Crippen LogP contribution in [0.25, 0.3) is 0 Å². The zero-order valence-corrected chi connectivity index (χ0v) is 14.8. The van der Waals surface area contributed by atoms with Crippen molar-refractivity contribution in [1.29, 1.82) is 0 Å². The first-order valence-electron chi connectivity index (χ1n) is 6.74. The second-order valence-electron chi connectivity index (χ2n) is 4.67. The van der Waals surface area contributed by atoms with E-state index in [2.05, 4.69) is 26.5 Å². The fourth-order valence-electron chi connectivity index (χ4n) is 1.76. The van der Waals surface area contributed by atoms with Crippen LogP contribution in [-0.4, -0.2) is 28.8 Å². The number of hydrogen-bond acceptors (Lipinski definition) is 6. The minimum atomic E-state index is -1.11. The number of nitro benzene ring substituents is 1. The molecule has 10 heteroatoms. The average molecular weight is 429 g/mol. The number of aliphatic carboxylic acids is 1. The quantitative estimate of drug-likeness (QED) is 0.392. The van der Waals surface area contributed by atoms with Crippen molar-refractivity contribution in [2.75, 3.05) is 12.0 Å². The van der Waals surface area contributed by atoms with Crippen LogP contribution in [0.5, 0.6) is 5.75 Å². The molecule has 2 aromatic rings. The number of carbonyl (C=O) groups is 1. The lowest BCUT2D eigenvalue weighted by Gasteiger charge is -2.09. The Morgan fingerprint density at radius 3 is 2.64 bits per heavy atom. The number of anilines is 1. The first-order chi connectivity index (χ1) is 11.9. The second-order valence-corrected chi connectivity index (χ2v) is 5.93. The van der Waals surface area contributed by atoms with Crippen LogP contribution < -0.4 is 10.2 Å². The molecule has 2 rings (SSSR count). The number of nitrogens with one attached hydrogen (secondary N) is 1. The fraction of sp³-hybridized carbons (Fsp3) is 0.0667. The molecule has 8 nitrogen and oxygen atoms in total. The van der Waals surface area contributed by atoms with Crippen LogP contribution in [0.1, 0.15) is 5.56 Å². The van der Waals surface area contributed by atoms with Gasteiger partial charge >= 0.3 is 5.97 Å². The number of benzene rings is 2. The van der Waals surface area contributed by atoms with Gasteiger partial charge in [-0.05, 0) is 45.8 Å². The molecule has 0 saturated carbocycles. The summed E-state index contributed by atoms with van der Waals surface area (Å²) in [5, 5.41) is 23.5. The Morgan fingerprint density at radius 1 is 1.40 bits per heavy atom. The molecule has 0 aliphatic carbocycles. The molecule has 0 heterocycles. The number of nitrogens with zero attached hydrogens (tertiary/aromatic N) is 2. The van der Waals surface area contributed by atoms with Gasteiger partial charge in [0.1, 0.15) is 0 Å². The molecule has 0 aliphatic heterocycles. The number of hydrazone groups is 1. The van der Waals surface area contributed by atoms with Gasteiger partial charge in [-0.25, -0.2) is 4.79 Å². The summed E-state index contributed by atoms with van der Waals surface area (Å²) in [4.78, 5) is 20.6. The molecule has 2 aromatic carbocycles. The molecule has 25 heavy (non-hydrogen) atoms. The smallest absolute Gasteiger partial charge is 0.341 e. The third-order valence-corrected chi connectivity index (χ3v) is 3.72. The molecule has 0 atom stereocenters. The molecule has 130 valence electrons. The van der Waals surface area contributed by atoms with Crippen molar-refractivity contribution in [2.24, 2.45) is 5.10 Å². The maximum absolute atomic E-state index is 10.6. The molecule has 0 radical (unpaired) electrons. The fourth-order valence-corrected chi connectivity index (χ4v) is 2.75. The van der Waals surface area contributed by atoms with E-state index in [1.54, 1.807) is 12.1 Å². The van der Waals surface area contributed by atoms with E-state index in [9.17, 15) is 14.9 Å². The van der Waals surface area contributed by atoms with Gasteiger partial charge in [-0.1, -0.05) is 11.6 Å². The van der Waals surface area contributed by atoms with Gasteiger partial charge in [0.05, 0.1) is 26.3 Å². The number of halogens is 2. The third-order valence-electron chi connectivity index (χ3n) is 2.85. The molecule has 0 saturated heterocycles. The standard InChI is InChI=1S/C15H11BrClN3O5/c16-12-5-9(6-13(17)15(12)25-8-14(21)22)7-18-19-10-1-3-11(4-2-10)20(23)24/h1-7,19H,8H2,(H,21,22)/b18-7+. The van der Waals surface area contributed by atoms with E-state index in [4.69, 9.17) is 21.4 Å². The summed E-state index contributed by atoms with van der Waals surface area (Å²) in [6.45, 7) is -0.506. The monoisotopic (exact) mass is 427 g/mol. The van der Waals surface area contributed by atoms with Gasteiger partial charge in [0.2, 0.25) is 0 Å². The average Bonchev–Trinajstić information content (AvgIpc) is 2.54. The van der Waals surface area contributed by atoms with Crippen LogP contribution in [0.2, 0.25) is 5.02 Å². The van der Waals surface area contributed by atoms with Gasteiger partial charge in [0.15, 0.2) is 12.4 Å². The maximum atomic E-state index is 10.6. The molecule has 0 spiro atoms. The molecule has 2 N–H and O–H groups in total. The van der Waals surface area contributed by atoms with Crippen molar-refractivity contribution in [3.63, 3.8) is 0 Å². The zero-order chi connectivity index (χ0) is 18.4. The van der Waals surface area contributed by atoms with E-state index >= 15 is 0 Å². The molecule has 0 bridgehead atoms. The molecule has 0 amide bonds. The number of ether oxygens (including phenoxy) is 1. The van der Waals surface area contributed by atoms with Gasteiger partial charge in [-0.3, -0.25) is 15.5 Å². The van der Waals surface area contributed by atoms with Gasteiger partial charge in [-0.15, -0.1) is 0 Å². The highest BCUT2D eigenvalue weighted by atomic mass is 79.9. The number of nitro groups is 1. The summed E-state index contributed by atoms with van der Waals surface area (Å²) >= 11 is 9.33. The van der Waals surface area contributed by atoms with E-state index < -0.39 is 17.5 Å². The topological polar surface area (TPSA) is 114 Å². The lowest BCUT2D eigenvalue weighted by Crippen LogP contribution is -2.10. The number of hydrogen-bond donors (Lipinski definition) is 2. The largest absolute Gasteiger partial charge is 0.479 e. The lowest BCUT2D eigenvalue weighted by molar-refractivity contribution is -0.384. The minimum absolute atomic E-state index is 0.0119. The van der Waals surface area contributed by atoms with Crippen molar-refractivity contribution in [2.45, 2.75) is 0 Å². The van der Waals surface area contributed by atoms with Crippen LogP contribution in [0.4, 0.5) is 11.4 Å². The predicted molar refractivity (Wildman–Crippen MR) is 96.6 cm³/mol. The first kappa shape index (κ1) is 18.7. The molecular weight excluding hydrogens is 418 g/mol. The summed E-state index contributed by atoms with van der Waals surface area (Å²) in [6, 6.07) is 9.00. The number of carboxylic acids is 1. The lowest BCUT2D eigenvalue weighted by atomic mass is 10.2. The summed E-state index contributed by atoms with van der Waals surface area (Å²) < 4.78 is 5.58. The Hall–Kier alpha value is -2.65. The normalized spacial score (nSPS) is 10.6. The minimum Gasteiger partial charge on any atom is -0.479 e. The van der Waals surface area contributed by atoms with Crippen molar-refractivity contribution >= 4 is 51.1 Å². The van der Waals surface area contributed by atoms with Crippen molar-refractivity contribution in [3.8, 4) is 5.75 Å². The Labute approximate surface area is 155 Å². The van der Waals surface area contributed by atoms with Crippen LogP contribution in [0, 0.1) is 10.1 Å². The molecule has 0 unspecified atom stereocenters. The molecule has 0 fully saturated rings. The van der Waals surface area contributed by atoms with E-state index in [-0.39, 0.29) is 16.5 Å².